The quantitative estimate of drug-likeness (QED) is 0.776. The molecule has 1 unspecified atom stereocenters. The third-order valence-electron chi connectivity index (χ3n) is 3.48. The molecule has 0 aliphatic heterocycles. The van der Waals surface area contributed by atoms with Crippen molar-refractivity contribution in [3.63, 3.8) is 0 Å². The van der Waals surface area contributed by atoms with E-state index in [2.05, 4.69) is 4.90 Å². The number of halogens is 1. The van der Waals surface area contributed by atoms with Gasteiger partial charge in [0.05, 0.1) is 6.61 Å². The molecule has 100 valence electrons. The maximum absolute atomic E-state index is 13.5. The molecule has 2 rings (SSSR count). The first-order valence-corrected chi connectivity index (χ1v) is 6.57. The summed E-state index contributed by atoms with van der Waals surface area (Å²) in [4.78, 5) is 2.25. The van der Waals surface area contributed by atoms with Gasteiger partial charge in [-0.2, -0.15) is 0 Å². The second-order valence-electron chi connectivity index (χ2n) is 4.91. The van der Waals surface area contributed by atoms with Crippen molar-refractivity contribution < 1.29 is 9.50 Å². The lowest BCUT2D eigenvalue weighted by atomic mass is 10.0. The van der Waals surface area contributed by atoms with Crippen molar-refractivity contribution >= 4 is 0 Å². The van der Waals surface area contributed by atoms with Crippen LogP contribution in [0.1, 0.15) is 30.9 Å². The van der Waals surface area contributed by atoms with Gasteiger partial charge in [-0.25, -0.2) is 4.39 Å². The molecule has 3 nitrogen and oxygen atoms in total. The summed E-state index contributed by atoms with van der Waals surface area (Å²) in [5.41, 5.74) is 6.61. The average Bonchev–Trinajstić information content (AvgIpc) is 3.19. The van der Waals surface area contributed by atoms with Crippen molar-refractivity contribution in [3.05, 3.63) is 35.6 Å². The van der Waals surface area contributed by atoms with Crippen LogP contribution in [0, 0.1) is 5.82 Å². The lowest BCUT2D eigenvalue weighted by Gasteiger charge is -2.23. The van der Waals surface area contributed by atoms with Crippen molar-refractivity contribution in [2.24, 2.45) is 5.73 Å². The first kappa shape index (κ1) is 13.5. The summed E-state index contributed by atoms with van der Waals surface area (Å²) < 4.78 is 13.5. The molecular weight excluding hydrogens is 231 g/mol. The monoisotopic (exact) mass is 252 g/mol. The fraction of sp³-hybridized carbons (Fsp3) is 0.571. The summed E-state index contributed by atoms with van der Waals surface area (Å²) in [7, 11) is 0. The van der Waals surface area contributed by atoms with Crippen molar-refractivity contribution in [2.45, 2.75) is 31.3 Å². The Balaban J connectivity index is 1.87. The zero-order valence-electron chi connectivity index (χ0n) is 10.6. The van der Waals surface area contributed by atoms with E-state index in [4.69, 9.17) is 10.8 Å². The van der Waals surface area contributed by atoms with Crippen LogP contribution in [0.3, 0.4) is 0 Å². The molecule has 18 heavy (non-hydrogen) atoms. The molecule has 1 saturated carbocycles. The molecule has 0 saturated heterocycles. The van der Waals surface area contributed by atoms with Crippen LogP contribution in [0.5, 0.6) is 0 Å². The van der Waals surface area contributed by atoms with Crippen LogP contribution in [0.4, 0.5) is 4.39 Å². The molecule has 0 amide bonds. The summed E-state index contributed by atoms with van der Waals surface area (Å²) in [5.74, 6) is -0.231. The molecule has 0 bridgehead atoms. The zero-order valence-corrected chi connectivity index (χ0v) is 10.6. The number of hydrogen-bond acceptors (Lipinski definition) is 3. The van der Waals surface area contributed by atoms with Crippen LogP contribution < -0.4 is 5.73 Å². The number of benzene rings is 1. The number of nitrogens with two attached hydrogens (primary N) is 1. The van der Waals surface area contributed by atoms with E-state index in [0.717, 1.165) is 13.0 Å². The van der Waals surface area contributed by atoms with Gasteiger partial charge in [0.1, 0.15) is 5.82 Å². The van der Waals surface area contributed by atoms with Gasteiger partial charge in [-0.05, 0) is 25.3 Å². The van der Waals surface area contributed by atoms with Crippen LogP contribution in [-0.2, 0) is 0 Å². The van der Waals surface area contributed by atoms with Gasteiger partial charge < -0.3 is 10.8 Å². The molecular formula is C14H21FN2O. The van der Waals surface area contributed by atoms with Crippen LogP contribution in [0.25, 0.3) is 0 Å². The number of hydrogen-bond donors (Lipinski definition) is 2. The summed E-state index contributed by atoms with van der Waals surface area (Å²) in [5, 5.41) is 9.01. The molecule has 1 fully saturated rings. The van der Waals surface area contributed by atoms with Gasteiger partial charge in [-0.1, -0.05) is 18.2 Å². The molecule has 0 spiro atoms. The topological polar surface area (TPSA) is 49.5 Å². The van der Waals surface area contributed by atoms with Crippen molar-refractivity contribution in [3.8, 4) is 0 Å². The molecule has 0 heterocycles. The number of aliphatic hydroxyl groups is 1. The fourth-order valence-electron chi connectivity index (χ4n) is 2.28. The maximum atomic E-state index is 13.5. The SMILES string of the molecule is NC(CCN(CCO)C1CC1)c1ccccc1F. The van der Waals surface area contributed by atoms with Gasteiger partial charge in [0, 0.05) is 30.7 Å². The highest BCUT2D eigenvalue weighted by atomic mass is 19.1. The minimum absolute atomic E-state index is 0.172. The maximum Gasteiger partial charge on any atom is 0.127 e. The molecule has 1 aliphatic rings. The van der Waals surface area contributed by atoms with E-state index in [9.17, 15) is 4.39 Å². The van der Waals surface area contributed by atoms with E-state index in [1.54, 1.807) is 12.1 Å². The minimum Gasteiger partial charge on any atom is -0.395 e. The summed E-state index contributed by atoms with van der Waals surface area (Å²) in [6, 6.07) is 7.00. The average molecular weight is 252 g/mol. The second-order valence-corrected chi connectivity index (χ2v) is 4.91. The lowest BCUT2D eigenvalue weighted by molar-refractivity contribution is 0.184. The summed E-state index contributed by atoms with van der Waals surface area (Å²) in [6.45, 7) is 1.68. The second kappa shape index (κ2) is 6.27. The van der Waals surface area contributed by atoms with Crippen LogP contribution in [-0.4, -0.2) is 35.7 Å². The van der Waals surface area contributed by atoms with Gasteiger partial charge in [0.2, 0.25) is 0 Å². The van der Waals surface area contributed by atoms with Crippen LogP contribution in [0.2, 0.25) is 0 Å². The molecule has 0 aromatic heterocycles. The Morgan fingerprint density at radius 3 is 2.67 bits per heavy atom. The molecule has 1 aliphatic carbocycles. The van der Waals surface area contributed by atoms with Gasteiger partial charge >= 0.3 is 0 Å². The Kier molecular flexibility index (Phi) is 4.69. The highest BCUT2D eigenvalue weighted by Gasteiger charge is 2.28. The number of aliphatic hydroxyl groups excluding tert-OH is 1. The smallest absolute Gasteiger partial charge is 0.127 e. The van der Waals surface area contributed by atoms with E-state index in [-0.39, 0.29) is 18.5 Å². The van der Waals surface area contributed by atoms with Crippen LogP contribution >= 0.6 is 0 Å². The highest BCUT2D eigenvalue weighted by molar-refractivity contribution is 5.20. The Morgan fingerprint density at radius 1 is 1.33 bits per heavy atom. The molecule has 0 radical (unpaired) electrons. The Hall–Kier alpha value is -0.970. The van der Waals surface area contributed by atoms with Crippen molar-refractivity contribution in [1.29, 1.82) is 0 Å². The lowest BCUT2D eigenvalue weighted by Crippen LogP contribution is -2.32. The van der Waals surface area contributed by atoms with Crippen LogP contribution in [0.15, 0.2) is 24.3 Å². The van der Waals surface area contributed by atoms with E-state index >= 15 is 0 Å². The molecule has 4 heteroatoms. The van der Waals surface area contributed by atoms with E-state index in [1.807, 2.05) is 6.07 Å². The largest absolute Gasteiger partial charge is 0.395 e. The molecule has 1 aromatic carbocycles. The van der Waals surface area contributed by atoms with Gasteiger partial charge in [0.25, 0.3) is 0 Å². The Bertz CT molecular complexity index is 382. The Labute approximate surface area is 107 Å². The van der Waals surface area contributed by atoms with E-state index in [0.29, 0.717) is 18.2 Å². The van der Waals surface area contributed by atoms with E-state index in [1.165, 1.54) is 18.9 Å². The van der Waals surface area contributed by atoms with Crippen molar-refractivity contribution in [1.82, 2.24) is 4.90 Å². The third kappa shape index (κ3) is 3.51. The fourth-order valence-corrected chi connectivity index (χ4v) is 2.28. The van der Waals surface area contributed by atoms with Gasteiger partial charge in [0.15, 0.2) is 0 Å². The Morgan fingerprint density at radius 2 is 2.06 bits per heavy atom. The normalized spacial score (nSPS) is 17.1. The van der Waals surface area contributed by atoms with Crippen molar-refractivity contribution in [2.75, 3.05) is 19.7 Å². The van der Waals surface area contributed by atoms with Gasteiger partial charge in [-0.3, -0.25) is 4.90 Å². The first-order valence-electron chi connectivity index (χ1n) is 6.57. The predicted molar refractivity (Wildman–Crippen MR) is 69.6 cm³/mol. The zero-order chi connectivity index (χ0) is 13.0. The minimum atomic E-state index is -0.272. The third-order valence-corrected chi connectivity index (χ3v) is 3.48. The molecule has 1 aromatic rings. The standard InChI is InChI=1S/C14H21FN2O/c15-13-4-2-1-3-12(13)14(16)7-8-17(9-10-18)11-5-6-11/h1-4,11,14,18H,5-10,16H2. The number of rotatable bonds is 7. The summed E-state index contributed by atoms with van der Waals surface area (Å²) >= 11 is 0. The number of nitrogens with zero attached hydrogens (tertiary/aromatic N) is 1. The summed E-state index contributed by atoms with van der Waals surface area (Å²) in [6.07, 6.45) is 3.13. The molecule has 3 N–H and O–H groups in total. The van der Waals surface area contributed by atoms with Gasteiger partial charge in [-0.15, -0.1) is 0 Å². The molecule has 1 atom stereocenters. The van der Waals surface area contributed by atoms with E-state index < -0.39 is 0 Å². The highest BCUT2D eigenvalue weighted by Crippen LogP contribution is 2.27. The predicted octanol–water partition coefficient (Wildman–Crippen LogP) is 1.67. The first-order chi connectivity index (χ1) is 8.72.